The highest BCUT2D eigenvalue weighted by atomic mass is 16.5. The molecule has 0 aromatic heterocycles. The number of nitrogens with zero attached hydrogens (tertiary/aromatic N) is 1. The normalized spacial score (nSPS) is 13.8. The van der Waals surface area contributed by atoms with Crippen LogP contribution in [0, 0.1) is 0 Å². The van der Waals surface area contributed by atoms with E-state index in [-0.39, 0.29) is 0 Å². The molecule has 0 saturated carbocycles. The van der Waals surface area contributed by atoms with Crippen molar-refractivity contribution in [3.8, 4) is 11.5 Å². The van der Waals surface area contributed by atoms with Crippen molar-refractivity contribution in [2.24, 2.45) is 0 Å². The summed E-state index contributed by atoms with van der Waals surface area (Å²) in [5.74, 6) is 1.90. The molecule has 0 bridgehead atoms. The Morgan fingerprint density at radius 2 is 1.14 bits per heavy atom. The lowest BCUT2D eigenvalue weighted by Crippen LogP contribution is -2.25. The maximum atomic E-state index is 6.48. The average molecular weight is 488 g/mol. The van der Waals surface area contributed by atoms with Crippen LogP contribution in [0.1, 0.15) is 29.5 Å². The molecule has 0 N–H and O–H groups in total. The lowest BCUT2D eigenvalue weighted by molar-refractivity contribution is 0.237. The molecule has 0 unspecified atom stereocenters. The summed E-state index contributed by atoms with van der Waals surface area (Å²) in [6.07, 6.45) is 3.34. The SMILES string of the molecule is c1ccc(COc2ccc3ccccc3c2Cc2c(OCCN3CCCC3)ccc3ccccc23)cc1. The van der Waals surface area contributed by atoms with Crippen LogP contribution in [-0.4, -0.2) is 31.1 Å². The molecule has 0 atom stereocenters. The third-order valence-corrected chi connectivity index (χ3v) is 7.45. The molecule has 0 amide bonds. The van der Waals surface area contributed by atoms with Crippen LogP contribution >= 0.6 is 0 Å². The van der Waals surface area contributed by atoms with Gasteiger partial charge in [-0.25, -0.2) is 0 Å². The maximum absolute atomic E-state index is 6.48. The van der Waals surface area contributed by atoms with E-state index in [2.05, 4.69) is 102 Å². The van der Waals surface area contributed by atoms with Crippen molar-refractivity contribution in [2.75, 3.05) is 26.2 Å². The summed E-state index contributed by atoms with van der Waals surface area (Å²) in [7, 11) is 0. The zero-order valence-corrected chi connectivity index (χ0v) is 21.2. The van der Waals surface area contributed by atoms with E-state index in [0.29, 0.717) is 13.2 Å². The maximum Gasteiger partial charge on any atom is 0.123 e. The Balaban J connectivity index is 1.37. The quantitative estimate of drug-likeness (QED) is 0.213. The third kappa shape index (κ3) is 5.33. The van der Waals surface area contributed by atoms with Gasteiger partial charge in [0.15, 0.2) is 0 Å². The van der Waals surface area contributed by atoms with Crippen molar-refractivity contribution in [3.63, 3.8) is 0 Å². The first kappa shape index (κ1) is 23.6. The van der Waals surface area contributed by atoms with Crippen LogP contribution in [0.15, 0.2) is 103 Å². The number of likely N-dealkylation sites (tertiary alicyclic amines) is 1. The van der Waals surface area contributed by atoms with Gasteiger partial charge >= 0.3 is 0 Å². The summed E-state index contributed by atoms with van der Waals surface area (Å²) < 4.78 is 12.9. The van der Waals surface area contributed by atoms with Gasteiger partial charge in [0.2, 0.25) is 0 Å². The fourth-order valence-corrected chi connectivity index (χ4v) is 5.47. The number of hydrogen-bond acceptors (Lipinski definition) is 3. The second-order valence-corrected chi connectivity index (χ2v) is 9.88. The predicted octanol–water partition coefficient (Wildman–Crippen LogP) is 7.64. The first-order valence-electron chi connectivity index (χ1n) is 13.4. The van der Waals surface area contributed by atoms with Crippen LogP contribution in [0.2, 0.25) is 0 Å². The van der Waals surface area contributed by atoms with Crippen LogP contribution < -0.4 is 9.47 Å². The Hall–Kier alpha value is -3.82. The van der Waals surface area contributed by atoms with Gasteiger partial charge in [-0.3, -0.25) is 4.90 Å². The summed E-state index contributed by atoms with van der Waals surface area (Å²) in [6, 6.07) is 36.2. The smallest absolute Gasteiger partial charge is 0.123 e. The number of fused-ring (bicyclic) bond motifs is 2. The monoisotopic (exact) mass is 487 g/mol. The molecule has 1 aliphatic rings. The lowest BCUT2D eigenvalue weighted by atomic mass is 9.93. The number of hydrogen-bond donors (Lipinski definition) is 0. The van der Waals surface area contributed by atoms with Gasteiger partial charge in [0.05, 0.1) is 0 Å². The van der Waals surface area contributed by atoms with Gasteiger partial charge in [-0.2, -0.15) is 0 Å². The first-order valence-corrected chi connectivity index (χ1v) is 13.4. The molecule has 0 aliphatic carbocycles. The zero-order chi connectivity index (χ0) is 24.9. The van der Waals surface area contributed by atoms with Crippen molar-refractivity contribution in [2.45, 2.75) is 25.9 Å². The predicted molar refractivity (Wildman–Crippen MR) is 153 cm³/mol. The van der Waals surface area contributed by atoms with Gasteiger partial charge in [0.1, 0.15) is 24.7 Å². The summed E-state index contributed by atoms with van der Waals surface area (Å²) >= 11 is 0. The summed E-state index contributed by atoms with van der Waals surface area (Å²) in [5.41, 5.74) is 3.59. The van der Waals surface area contributed by atoms with E-state index in [0.717, 1.165) is 30.0 Å². The molecule has 37 heavy (non-hydrogen) atoms. The Morgan fingerprint density at radius 3 is 1.78 bits per heavy atom. The molecular formula is C34H33NO2. The van der Waals surface area contributed by atoms with Gasteiger partial charge in [0.25, 0.3) is 0 Å². The van der Waals surface area contributed by atoms with Crippen molar-refractivity contribution in [3.05, 3.63) is 120 Å². The first-order chi connectivity index (χ1) is 18.3. The minimum absolute atomic E-state index is 0.543. The molecule has 3 heteroatoms. The second-order valence-electron chi connectivity index (χ2n) is 9.88. The molecule has 5 aromatic rings. The van der Waals surface area contributed by atoms with Crippen molar-refractivity contribution in [1.82, 2.24) is 4.90 Å². The highest BCUT2D eigenvalue weighted by Crippen LogP contribution is 2.36. The summed E-state index contributed by atoms with van der Waals surface area (Å²) in [6.45, 7) is 4.60. The van der Waals surface area contributed by atoms with Crippen LogP contribution in [0.4, 0.5) is 0 Å². The van der Waals surface area contributed by atoms with Crippen LogP contribution in [-0.2, 0) is 13.0 Å². The van der Waals surface area contributed by atoms with E-state index < -0.39 is 0 Å². The highest BCUT2D eigenvalue weighted by molar-refractivity contribution is 5.91. The topological polar surface area (TPSA) is 21.7 Å². The van der Waals surface area contributed by atoms with E-state index in [1.54, 1.807) is 0 Å². The van der Waals surface area contributed by atoms with Crippen LogP contribution in [0.5, 0.6) is 11.5 Å². The third-order valence-electron chi connectivity index (χ3n) is 7.45. The molecule has 1 saturated heterocycles. The Morgan fingerprint density at radius 1 is 0.568 bits per heavy atom. The average Bonchev–Trinajstić information content (AvgIpc) is 3.47. The molecule has 1 fully saturated rings. The van der Waals surface area contributed by atoms with Crippen LogP contribution in [0.25, 0.3) is 21.5 Å². The van der Waals surface area contributed by atoms with Gasteiger partial charge in [0, 0.05) is 24.1 Å². The Kier molecular flexibility index (Phi) is 7.05. The Bertz CT molecular complexity index is 1490. The zero-order valence-electron chi connectivity index (χ0n) is 21.2. The van der Waals surface area contributed by atoms with Crippen LogP contribution in [0.3, 0.4) is 0 Å². The molecule has 0 radical (unpaired) electrons. The highest BCUT2D eigenvalue weighted by Gasteiger charge is 2.17. The number of benzene rings is 5. The molecule has 3 nitrogen and oxygen atoms in total. The fraction of sp³-hybridized carbons (Fsp3) is 0.235. The second kappa shape index (κ2) is 11.1. The molecule has 0 spiro atoms. The van der Waals surface area contributed by atoms with Gasteiger partial charge < -0.3 is 9.47 Å². The van der Waals surface area contributed by atoms with Gasteiger partial charge in [-0.15, -0.1) is 0 Å². The van der Waals surface area contributed by atoms with Gasteiger partial charge in [-0.05, 0) is 65.2 Å². The summed E-state index contributed by atoms with van der Waals surface area (Å²) in [4.78, 5) is 2.50. The van der Waals surface area contributed by atoms with Gasteiger partial charge in [-0.1, -0.05) is 91.0 Å². The fourth-order valence-electron chi connectivity index (χ4n) is 5.47. The lowest BCUT2D eigenvalue weighted by Gasteiger charge is -2.20. The minimum atomic E-state index is 0.543. The minimum Gasteiger partial charge on any atom is -0.492 e. The molecule has 1 aliphatic heterocycles. The largest absolute Gasteiger partial charge is 0.492 e. The van der Waals surface area contributed by atoms with E-state index in [4.69, 9.17) is 9.47 Å². The molecule has 1 heterocycles. The van der Waals surface area contributed by atoms with E-state index in [9.17, 15) is 0 Å². The molecule has 5 aromatic carbocycles. The molecular weight excluding hydrogens is 454 g/mol. The standard InChI is InChI=1S/C34H33NO2/c1-2-10-26(11-3-1)25-37-34-19-17-28-13-5-7-15-30(28)32(34)24-31-29-14-6-4-12-27(29)16-18-33(31)36-23-22-35-20-8-9-21-35/h1-7,10-19H,8-9,20-25H2. The number of ether oxygens (including phenoxy) is 2. The Labute approximate surface area is 219 Å². The molecule has 6 rings (SSSR count). The van der Waals surface area contributed by atoms with Crippen molar-refractivity contribution in [1.29, 1.82) is 0 Å². The van der Waals surface area contributed by atoms with E-state index in [1.807, 2.05) is 6.07 Å². The van der Waals surface area contributed by atoms with E-state index in [1.165, 1.54) is 58.6 Å². The summed E-state index contributed by atoms with van der Waals surface area (Å²) in [5, 5.41) is 4.92. The number of rotatable bonds is 9. The van der Waals surface area contributed by atoms with Crippen molar-refractivity contribution < 1.29 is 9.47 Å². The van der Waals surface area contributed by atoms with Crippen molar-refractivity contribution >= 4 is 21.5 Å². The molecule has 186 valence electrons. The van der Waals surface area contributed by atoms with E-state index >= 15 is 0 Å².